The number of halogens is 2. The van der Waals surface area contributed by atoms with E-state index in [1.807, 2.05) is 0 Å². The standard InChI is InChI=1S/C13H9F2N3O/c1-19-11-5-4-10-13(17-11)18-12(16-10)8-6-7(14)2-3-9(8)15/h2-6H,1H3,(H,16,17,18). The van der Waals surface area contributed by atoms with Gasteiger partial charge in [0.25, 0.3) is 0 Å². The molecule has 0 aliphatic rings. The fourth-order valence-corrected chi connectivity index (χ4v) is 1.80. The van der Waals surface area contributed by atoms with Crippen LogP contribution in [0.3, 0.4) is 0 Å². The summed E-state index contributed by atoms with van der Waals surface area (Å²) in [6, 6.07) is 6.58. The number of ether oxygens (including phenoxy) is 1. The number of H-pyrrole nitrogens is 1. The number of nitrogens with one attached hydrogen (secondary N) is 1. The van der Waals surface area contributed by atoms with Crippen LogP contribution in [0.15, 0.2) is 30.3 Å². The molecule has 0 radical (unpaired) electrons. The van der Waals surface area contributed by atoms with Crippen LogP contribution in [0.1, 0.15) is 0 Å². The molecule has 0 aliphatic heterocycles. The molecule has 0 fully saturated rings. The fraction of sp³-hybridized carbons (Fsp3) is 0.0769. The number of methoxy groups -OCH3 is 1. The third kappa shape index (κ3) is 2.01. The van der Waals surface area contributed by atoms with Crippen LogP contribution in [0.4, 0.5) is 8.78 Å². The van der Waals surface area contributed by atoms with Crippen LogP contribution in [0.25, 0.3) is 22.6 Å². The van der Waals surface area contributed by atoms with Crippen molar-refractivity contribution in [1.82, 2.24) is 15.0 Å². The molecule has 3 aromatic rings. The monoisotopic (exact) mass is 261 g/mol. The molecule has 0 aliphatic carbocycles. The van der Waals surface area contributed by atoms with Crippen molar-refractivity contribution >= 4 is 11.2 Å². The largest absolute Gasteiger partial charge is 0.481 e. The van der Waals surface area contributed by atoms with Crippen molar-refractivity contribution in [2.45, 2.75) is 0 Å². The summed E-state index contributed by atoms with van der Waals surface area (Å²) in [6.45, 7) is 0. The second-order valence-electron chi connectivity index (χ2n) is 3.93. The average molecular weight is 261 g/mol. The van der Waals surface area contributed by atoms with Crippen LogP contribution >= 0.6 is 0 Å². The van der Waals surface area contributed by atoms with Crippen LogP contribution in [0.2, 0.25) is 0 Å². The lowest BCUT2D eigenvalue weighted by atomic mass is 10.2. The third-order valence-corrected chi connectivity index (χ3v) is 2.71. The highest BCUT2D eigenvalue weighted by Gasteiger charge is 2.12. The van der Waals surface area contributed by atoms with Gasteiger partial charge in [-0.1, -0.05) is 0 Å². The van der Waals surface area contributed by atoms with E-state index >= 15 is 0 Å². The van der Waals surface area contributed by atoms with E-state index in [9.17, 15) is 8.78 Å². The van der Waals surface area contributed by atoms with Crippen molar-refractivity contribution in [3.8, 4) is 17.3 Å². The van der Waals surface area contributed by atoms with E-state index in [1.165, 1.54) is 7.11 Å². The molecule has 6 heteroatoms. The molecular formula is C13H9F2N3O. The highest BCUT2D eigenvalue weighted by atomic mass is 19.1. The molecule has 0 saturated heterocycles. The average Bonchev–Trinajstić information content (AvgIpc) is 2.83. The molecule has 1 N–H and O–H groups in total. The maximum atomic E-state index is 13.7. The van der Waals surface area contributed by atoms with Gasteiger partial charge in [0.1, 0.15) is 17.5 Å². The van der Waals surface area contributed by atoms with Gasteiger partial charge in [-0.05, 0) is 24.3 Å². The second-order valence-corrected chi connectivity index (χ2v) is 3.93. The van der Waals surface area contributed by atoms with E-state index in [1.54, 1.807) is 12.1 Å². The second kappa shape index (κ2) is 4.31. The Bertz CT molecular complexity index is 755. The summed E-state index contributed by atoms with van der Waals surface area (Å²) in [6.07, 6.45) is 0. The highest BCUT2D eigenvalue weighted by Crippen LogP contribution is 2.24. The smallest absolute Gasteiger partial charge is 0.215 e. The lowest BCUT2D eigenvalue weighted by Crippen LogP contribution is -1.88. The van der Waals surface area contributed by atoms with Gasteiger partial charge in [-0.15, -0.1) is 0 Å². The van der Waals surface area contributed by atoms with E-state index in [2.05, 4.69) is 15.0 Å². The Morgan fingerprint density at radius 1 is 1.11 bits per heavy atom. The number of nitrogens with zero attached hydrogens (tertiary/aromatic N) is 2. The zero-order chi connectivity index (χ0) is 13.4. The van der Waals surface area contributed by atoms with Gasteiger partial charge in [-0.25, -0.2) is 13.8 Å². The summed E-state index contributed by atoms with van der Waals surface area (Å²) in [4.78, 5) is 11.1. The van der Waals surface area contributed by atoms with Crippen LogP contribution in [-0.2, 0) is 0 Å². The number of imidazole rings is 1. The summed E-state index contributed by atoms with van der Waals surface area (Å²) >= 11 is 0. The van der Waals surface area contributed by atoms with Crippen molar-refractivity contribution in [2.24, 2.45) is 0 Å². The predicted octanol–water partition coefficient (Wildman–Crippen LogP) is 2.91. The first-order chi connectivity index (χ1) is 9.17. The normalized spacial score (nSPS) is 10.9. The van der Waals surface area contributed by atoms with Crippen LogP contribution in [0.5, 0.6) is 5.88 Å². The Kier molecular flexibility index (Phi) is 2.63. The summed E-state index contributed by atoms with van der Waals surface area (Å²) in [7, 11) is 1.49. The maximum Gasteiger partial charge on any atom is 0.215 e. The minimum absolute atomic E-state index is 0.0666. The summed E-state index contributed by atoms with van der Waals surface area (Å²) in [5.41, 5.74) is 1.08. The lowest BCUT2D eigenvalue weighted by molar-refractivity contribution is 0.399. The molecule has 0 atom stereocenters. The Hall–Kier alpha value is -2.50. The van der Waals surface area contributed by atoms with E-state index in [0.717, 1.165) is 18.2 Å². The van der Waals surface area contributed by atoms with E-state index in [0.29, 0.717) is 17.0 Å². The minimum Gasteiger partial charge on any atom is -0.481 e. The molecule has 0 unspecified atom stereocenters. The van der Waals surface area contributed by atoms with Gasteiger partial charge < -0.3 is 9.72 Å². The van der Waals surface area contributed by atoms with Gasteiger partial charge in [0.05, 0.1) is 18.2 Å². The van der Waals surface area contributed by atoms with Crippen molar-refractivity contribution < 1.29 is 13.5 Å². The Morgan fingerprint density at radius 3 is 2.74 bits per heavy atom. The number of benzene rings is 1. The molecule has 0 saturated carbocycles. The Balaban J connectivity index is 2.17. The van der Waals surface area contributed by atoms with Gasteiger partial charge in [0.2, 0.25) is 5.88 Å². The van der Waals surface area contributed by atoms with E-state index in [-0.39, 0.29) is 11.4 Å². The SMILES string of the molecule is COc1ccc2[nH]c(-c3cc(F)ccc3F)nc2n1. The fourth-order valence-electron chi connectivity index (χ4n) is 1.80. The molecule has 2 heterocycles. The van der Waals surface area contributed by atoms with Gasteiger partial charge >= 0.3 is 0 Å². The molecule has 0 bridgehead atoms. The molecule has 0 amide bonds. The molecule has 3 rings (SSSR count). The number of rotatable bonds is 2. The van der Waals surface area contributed by atoms with Crippen LogP contribution in [-0.4, -0.2) is 22.1 Å². The van der Waals surface area contributed by atoms with Gasteiger partial charge in [-0.2, -0.15) is 4.98 Å². The van der Waals surface area contributed by atoms with Crippen LogP contribution in [0, 0.1) is 11.6 Å². The quantitative estimate of drug-likeness (QED) is 0.771. The van der Waals surface area contributed by atoms with Gasteiger partial charge in [0.15, 0.2) is 5.65 Å². The first-order valence-corrected chi connectivity index (χ1v) is 5.53. The Labute approximate surface area is 107 Å². The lowest BCUT2D eigenvalue weighted by Gasteiger charge is -1.98. The maximum absolute atomic E-state index is 13.7. The molecular weight excluding hydrogens is 252 g/mol. The number of aromatic amines is 1. The predicted molar refractivity (Wildman–Crippen MR) is 65.8 cm³/mol. The highest BCUT2D eigenvalue weighted by molar-refractivity contribution is 5.76. The van der Waals surface area contributed by atoms with Crippen molar-refractivity contribution in [3.05, 3.63) is 42.0 Å². The van der Waals surface area contributed by atoms with Crippen LogP contribution < -0.4 is 4.74 Å². The number of hydrogen-bond donors (Lipinski definition) is 1. The first kappa shape index (κ1) is 11.6. The molecule has 4 nitrogen and oxygen atoms in total. The number of aromatic nitrogens is 3. The molecule has 96 valence electrons. The summed E-state index contributed by atoms with van der Waals surface area (Å²) < 4.78 is 31.8. The minimum atomic E-state index is -0.549. The zero-order valence-electron chi connectivity index (χ0n) is 9.95. The molecule has 0 spiro atoms. The topological polar surface area (TPSA) is 50.8 Å². The van der Waals surface area contributed by atoms with E-state index < -0.39 is 11.6 Å². The molecule has 1 aromatic carbocycles. The number of hydrogen-bond acceptors (Lipinski definition) is 3. The molecule has 19 heavy (non-hydrogen) atoms. The summed E-state index contributed by atoms with van der Waals surface area (Å²) in [5, 5.41) is 0. The summed E-state index contributed by atoms with van der Waals surface area (Å²) in [5.74, 6) is -0.437. The van der Waals surface area contributed by atoms with Crippen molar-refractivity contribution in [3.63, 3.8) is 0 Å². The first-order valence-electron chi connectivity index (χ1n) is 5.53. The number of pyridine rings is 1. The van der Waals surface area contributed by atoms with Crippen molar-refractivity contribution in [2.75, 3.05) is 7.11 Å². The van der Waals surface area contributed by atoms with E-state index in [4.69, 9.17) is 4.74 Å². The van der Waals surface area contributed by atoms with Crippen molar-refractivity contribution in [1.29, 1.82) is 0 Å². The Morgan fingerprint density at radius 2 is 1.95 bits per heavy atom. The zero-order valence-corrected chi connectivity index (χ0v) is 9.95. The van der Waals surface area contributed by atoms with Gasteiger partial charge in [-0.3, -0.25) is 0 Å². The number of fused-ring (bicyclic) bond motifs is 1. The van der Waals surface area contributed by atoms with Gasteiger partial charge in [0, 0.05) is 6.07 Å². The molecule has 2 aromatic heterocycles. The third-order valence-electron chi connectivity index (χ3n) is 2.71.